The van der Waals surface area contributed by atoms with Crippen molar-refractivity contribution in [3.05, 3.63) is 52.3 Å². The van der Waals surface area contributed by atoms with Crippen LogP contribution in [0.4, 0.5) is 0 Å². The van der Waals surface area contributed by atoms with Gasteiger partial charge in [0.05, 0.1) is 18.0 Å². The minimum absolute atomic E-state index is 0.168. The standard InChI is InChI=1S/C18H19N3O5S/c1-2-24-13-5-7-14(8-6-13)25-10-9-19-16(22)12-21-17(20-26-18(21)23)15-4-3-11-27-15/h3-8,11H,2,9-10,12H2,1H3,(H,19,22). The smallest absolute Gasteiger partial charge is 0.442 e. The van der Waals surface area contributed by atoms with Crippen LogP contribution in [0.2, 0.25) is 0 Å². The highest BCUT2D eigenvalue weighted by molar-refractivity contribution is 7.13. The Balaban J connectivity index is 1.47. The Morgan fingerprint density at radius 1 is 1.22 bits per heavy atom. The van der Waals surface area contributed by atoms with E-state index in [9.17, 15) is 9.59 Å². The molecule has 0 spiro atoms. The quantitative estimate of drug-likeness (QED) is 0.564. The minimum Gasteiger partial charge on any atom is -0.494 e. The van der Waals surface area contributed by atoms with Crippen LogP contribution in [-0.4, -0.2) is 35.4 Å². The summed E-state index contributed by atoms with van der Waals surface area (Å²) >= 11 is 1.41. The van der Waals surface area contributed by atoms with Crippen LogP contribution in [0.25, 0.3) is 10.7 Å². The number of aromatic nitrogens is 2. The van der Waals surface area contributed by atoms with Crippen LogP contribution < -0.4 is 20.5 Å². The first-order valence-electron chi connectivity index (χ1n) is 8.40. The van der Waals surface area contributed by atoms with Crippen molar-refractivity contribution in [1.29, 1.82) is 0 Å². The van der Waals surface area contributed by atoms with Gasteiger partial charge in [-0.25, -0.2) is 9.36 Å². The highest BCUT2D eigenvalue weighted by Crippen LogP contribution is 2.21. The molecule has 1 aromatic carbocycles. The molecular formula is C18H19N3O5S. The van der Waals surface area contributed by atoms with Crippen LogP contribution in [0, 0.1) is 0 Å². The summed E-state index contributed by atoms with van der Waals surface area (Å²) in [4.78, 5) is 24.6. The third kappa shape index (κ3) is 4.98. The predicted molar refractivity (Wildman–Crippen MR) is 100 cm³/mol. The largest absolute Gasteiger partial charge is 0.494 e. The summed E-state index contributed by atoms with van der Waals surface area (Å²) in [6, 6.07) is 10.9. The number of ether oxygens (including phenoxy) is 2. The lowest BCUT2D eigenvalue weighted by Crippen LogP contribution is -2.33. The van der Waals surface area contributed by atoms with Crippen molar-refractivity contribution in [2.75, 3.05) is 19.8 Å². The Morgan fingerprint density at radius 2 is 1.96 bits per heavy atom. The van der Waals surface area contributed by atoms with Crippen molar-refractivity contribution in [3.63, 3.8) is 0 Å². The van der Waals surface area contributed by atoms with Crippen molar-refractivity contribution in [2.24, 2.45) is 0 Å². The molecule has 8 nitrogen and oxygen atoms in total. The van der Waals surface area contributed by atoms with Crippen LogP contribution in [0.5, 0.6) is 11.5 Å². The lowest BCUT2D eigenvalue weighted by atomic mass is 10.3. The number of carbonyl (C=O) groups excluding carboxylic acids is 1. The average molecular weight is 389 g/mol. The Labute approximate surface area is 159 Å². The third-order valence-corrected chi connectivity index (χ3v) is 4.42. The van der Waals surface area contributed by atoms with Gasteiger partial charge in [0.25, 0.3) is 0 Å². The zero-order chi connectivity index (χ0) is 19.1. The molecule has 0 aliphatic rings. The van der Waals surface area contributed by atoms with E-state index in [2.05, 4.69) is 15.0 Å². The molecule has 0 bridgehead atoms. The number of thiophene rings is 1. The molecule has 27 heavy (non-hydrogen) atoms. The van der Waals surface area contributed by atoms with Gasteiger partial charge >= 0.3 is 5.76 Å². The summed E-state index contributed by atoms with van der Waals surface area (Å²) in [7, 11) is 0. The summed E-state index contributed by atoms with van der Waals surface area (Å²) in [5.74, 6) is 0.810. The zero-order valence-corrected chi connectivity index (χ0v) is 15.5. The van der Waals surface area contributed by atoms with Gasteiger partial charge in [-0.15, -0.1) is 11.3 Å². The highest BCUT2D eigenvalue weighted by Gasteiger charge is 2.16. The van der Waals surface area contributed by atoms with Gasteiger partial charge in [-0.3, -0.25) is 9.32 Å². The van der Waals surface area contributed by atoms with E-state index in [4.69, 9.17) is 9.47 Å². The average Bonchev–Trinajstić information content (AvgIpc) is 3.31. The van der Waals surface area contributed by atoms with E-state index < -0.39 is 5.76 Å². The number of nitrogens with zero attached hydrogens (tertiary/aromatic N) is 2. The molecule has 0 aliphatic carbocycles. The van der Waals surface area contributed by atoms with E-state index in [0.717, 1.165) is 10.6 Å². The lowest BCUT2D eigenvalue weighted by Gasteiger charge is -2.09. The van der Waals surface area contributed by atoms with Crippen molar-refractivity contribution >= 4 is 17.2 Å². The fraction of sp³-hybridized carbons (Fsp3) is 0.278. The molecule has 1 amide bonds. The summed E-state index contributed by atoms with van der Waals surface area (Å²) in [6.45, 7) is 2.97. The SMILES string of the molecule is CCOc1ccc(OCCNC(=O)Cn2c(-c3cccs3)noc2=O)cc1. The van der Waals surface area contributed by atoms with E-state index >= 15 is 0 Å². The molecule has 0 saturated carbocycles. The maximum atomic E-state index is 12.1. The Bertz CT molecular complexity index is 915. The van der Waals surface area contributed by atoms with E-state index in [1.165, 1.54) is 15.9 Å². The topological polar surface area (TPSA) is 95.6 Å². The van der Waals surface area contributed by atoms with E-state index in [1.807, 2.05) is 30.5 Å². The molecule has 0 saturated heterocycles. The first kappa shape index (κ1) is 18.7. The molecule has 1 N–H and O–H groups in total. The second-order valence-electron chi connectivity index (χ2n) is 5.44. The number of hydrogen-bond acceptors (Lipinski definition) is 7. The molecule has 2 heterocycles. The molecule has 0 fully saturated rings. The zero-order valence-electron chi connectivity index (χ0n) is 14.7. The van der Waals surface area contributed by atoms with E-state index in [0.29, 0.717) is 31.3 Å². The molecule has 9 heteroatoms. The lowest BCUT2D eigenvalue weighted by molar-refractivity contribution is -0.121. The monoisotopic (exact) mass is 389 g/mol. The van der Waals surface area contributed by atoms with Gasteiger partial charge in [-0.05, 0) is 42.6 Å². The van der Waals surface area contributed by atoms with Gasteiger partial charge < -0.3 is 14.8 Å². The van der Waals surface area contributed by atoms with Gasteiger partial charge in [0.2, 0.25) is 5.91 Å². The normalized spacial score (nSPS) is 10.6. The first-order valence-corrected chi connectivity index (χ1v) is 9.28. The maximum Gasteiger partial charge on any atom is 0.442 e. The molecule has 2 aromatic heterocycles. The number of carbonyl (C=O) groups is 1. The van der Waals surface area contributed by atoms with Crippen molar-refractivity contribution in [1.82, 2.24) is 15.0 Å². The van der Waals surface area contributed by atoms with Crippen molar-refractivity contribution in [2.45, 2.75) is 13.5 Å². The van der Waals surface area contributed by atoms with Gasteiger partial charge in [-0.2, -0.15) is 0 Å². The number of benzene rings is 1. The fourth-order valence-electron chi connectivity index (χ4n) is 2.35. The fourth-order valence-corrected chi connectivity index (χ4v) is 3.06. The molecule has 0 unspecified atom stereocenters. The van der Waals surface area contributed by atoms with E-state index in [1.54, 1.807) is 18.2 Å². The van der Waals surface area contributed by atoms with Gasteiger partial charge in [0.1, 0.15) is 24.7 Å². The van der Waals surface area contributed by atoms with Gasteiger partial charge in [-0.1, -0.05) is 11.2 Å². The molecule has 0 aliphatic heterocycles. The molecule has 0 atom stereocenters. The number of amides is 1. The summed E-state index contributed by atoms with van der Waals surface area (Å²) in [5.41, 5.74) is 0. The molecule has 142 valence electrons. The van der Waals surface area contributed by atoms with Crippen LogP contribution in [0.1, 0.15) is 6.92 Å². The molecule has 3 aromatic rings. The van der Waals surface area contributed by atoms with Gasteiger partial charge in [0, 0.05) is 0 Å². The summed E-state index contributed by atoms with van der Waals surface area (Å²) in [6.07, 6.45) is 0. The van der Waals surface area contributed by atoms with Crippen LogP contribution in [0.15, 0.2) is 51.1 Å². The Kier molecular flexibility index (Phi) is 6.26. The van der Waals surface area contributed by atoms with E-state index in [-0.39, 0.29) is 12.5 Å². The summed E-state index contributed by atoms with van der Waals surface area (Å²) < 4.78 is 16.8. The Hall–Kier alpha value is -3.07. The second kappa shape index (κ2) is 9.04. The predicted octanol–water partition coefficient (Wildman–Crippen LogP) is 2.16. The van der Waals surface area contributed by atoms with Crippen molar-refractivity contribution < 1.29 is 18.8 Å². The Morgan fingerprint density at radius 3 is 2.63 bits per heavy atom. The maximum absolute atomic E-state index is 12.1. The number of rotatable bonds is 9. The second-order valence-corrected chi connectivity index (χ2v) is 6.39. The number of nitrogens with one attached hydrogen (secondary N) is 1. The highest BCUT2D eigenvalue weighted by atomic mass is 32.1. The van der Waals surface area contributed by atoms with Crippen LogP contribution >= 0.6 is 11.3 Å². The summed E-state index contributed by atoms with van der Waals surface area (Å²) in [5, 5.41) is 8.31. The van der Waals surface area contributed by atoms with Crippen LogP contribution in [-0.2, 0) is 11.3 Å². The third-order valence-electron chi connectivity index (χ3n) is 3.56. The van der Waals surface area contributed by atoms with Crippen LogP contribution in [0.3, 0.4) is 0 Å². The molecular weight excluding hydrogens is 370 g/mol. The van der Waals surface area contributed by atoms with Crippen molar-refractivity contribution in [3.8, 4) is 22.2 Å². The number of hydrogen-bond donors (Lipinski definition) is 1. The first-order chi connectivity index (χ1) is 13.2. The molecule has 0 radical (unpaired) electrons. The van der Waals surface area contributed by atoms with Gasteiger partial charge in [0.15, 0.2) is 5.82 Å². The minimum atomic E-state index is -0.667. The molecule has 3 rings (SSSR count).